The number of hydrogen-bond acceptors (Lipinski definition) is 4. The molecule has 0 spiro atoms. The fourth-order valence-corrected chi connectivity index (χ4v) is 1.19. The normalized spacial score (nSPS) is 9.77. The molecule has 0 aromatic heterocycles. The van der Waals surface area contributed by atoms with Gasteiger partial charge in [-0.25, -0.2) is 31.1 Å². The summed E-state index contributed by atoms with van der Waals surface area (Å²) in [5.74, 6) is 0. The highest BCUT2D eigenvalue weighted by Crippen LogP contribution is 2.15. The van der Waals surface area contributed by atoms with E-state index >= 15 is 0 Å². The number of amides is 1. The van der Waals surface area contributed by atoms with Crippen molar-refractivity contribution in [1.82, 2.24) is 5.32 Å². The summed E-state index contributed by atoms with van der Waals surface area (Å²) in [6.07, 6.45) is -5.09. The van der Waals surface area contributed by atoms with Crippen LogP contribution in [0.15, 0.2) is 0 Å². The van der Waals surface area contributed by atoms with Gasteiger partial charge in [0.25, 0.3) is 0 Å². The quantitative estimate of drug-likeness (QED) is 0.206. The van der Waals surface area contributed by atoms with Crippen LogP contribution in [0.25, 0.3) is 0 Å². The summed E-state index contributed by atoms with van der Waals surface area (Å²) in [5.41, 5.74) is 0. The summed E-state index contributed by atoms with van der Waals surface area (Å²) in [7, 11) is 0. The lowest BCUT2D eigenvalue weighted by Crippen LogP contribution is -2.25. The molecular weight excluding hydrogens is 529 g/mol. The zero-order valence-corrected chi connectivity index (χ0v) is 18.0. The first-order valence-electron chi connectivity index (χ1n) is 9.00. The molecule has 0 heterocycles. The Balaban J connectivity index is -0.0000000843. The lowest BCUT2D eigenvalue weighted by atomic mass is 10.1. The first-order chi connectivity index (χ1) is 15.7. The second-order valence-electron chi connectivity index (χ2n) is 4.82. The number of ether oxygens (including phenoxy) is 3. The Morgan fingerprint density at radius 1 is 0.771 bits per heavy atom. The van der Waals surface area contributed by atoms with Crippen molar-refractivity contribution in [2.75, 3.05) is 47.3 Å². The van der Waals surface area contributed by atoms with Crippen LogP contribution in [0.5, 0.6) is 0 Å². The maximum absolute atomic E-state index is 11.6. The van der Waals surface area contributed by atoms with Crippen LogP contribution < -0.4 is 5.32 Å². The Labute approximate surface area is 195 Å². The van der Waals surface area contributed by atoms with Gasteiger partial charge in [0.1, 0.15) is 13.3 Å². The summed E-state index contributed by atoms with van der Waals surface area (Å²) in [4.78, 5) is 10.8. The van der Waals surface area contributed by atoms with Crippen molar-refractivity contribution >= 4 is 6.09 Å². The molecule has 0 aromatic rings. The number of alkyl halides is 13. The highest BCUT2D eigenvalue weighted by Gasteiger charge is 2.28. The van der Waals surface area contributed by atoms with Crippen molar-refractivity contribution in [3.05, 3.63) is 0 Å². The fraction of sp³-hybridized carbons (Fsp3) is 0.941. The van der Waals surface area contributed by atoms with E-state index in [0.29, 0.717) is 6.54 Å². The Morgan fingerprint density at radius 3 is 1.46 bits per heavy atom. The number of carbonyl (C=O) groups excluding carboxylic acids is 1. The molecule has 220 valence electrons. The zero-order valence-electron chi connectivity index (χ0n) is 18.0. The number of nitrogens with one attached hydrogen (secondary N) is 1. The van der Waals surface area contributed by atoms with Crippen LogP contribution in [-0.4, -0.2) is 66.2 Å². The van der Waals surface area contributed by atoms with Crippen molar-refractivity contribution in [1.29, 1.82) is 0 Å². The van der Waals surface area contributed by atoms with Gasteiger partial charge in [0.05, 0.1) is 0 Å². The van der Waals surface area contributed by atoms with Gasteiger partial charge < -0.3 is 14.8 Å². The molecule has 1 amide bonds. The summed E-state index contributed by atoms with van der Waals surface area (Å²) in [6.45, 7) is -3.62. The summed E-state index contributed by atoms with van der Waals surface area (Å²) in [6, 6.07) is 0. The molecule has 0 aliphatic heterocycles. The Hall–Kier alpha value is -1.72. The van der Waals surface area contributed by atoms with Crippen molar-refractivity contribution in [3.63, 3.8) is 0 Å². The predicted molar refractivity (Wildman–Crippen MR) is 101 cm³/mol. The monoisotopic (exact) mass is 561 g/mol. The highest BCUT2D eigenvalue weighted by atomic mass is 19.5. The molecule has 0 aliphatic carbocycles. The summed E-state index contributed by atoms with van der Waals surface area (Å²) < 4.78 is 144. The van der Waals surface area contributed by atoms with Crippen LogP contribution in [0.2, 0.25) is 0 Å². The predicted octanol–water partition coefficient (Wildman–Crippen LogP) is 7.95. The van der Waals surface area contributed by atoms with Crippen LogP contribution >= 0.6 is 0 Å². The number of carbonyl (C=O) groups is 1. The van der Waals surface area contributed by atoms with Crippen molar-refractivity contribution in [2.45, 2.75) is 59.2 Å². The van der Waals surface area contributed by atoms with Crippen molar-refractivity contribution < 1.29 is 76.1 Å². The van der Waals surface area contributed by atoms with Crippen LogP contribution in [0.4, 0.5) is 61.9 Å². The lowest BCUT2D eigenvalue weighted by Gasteiger charge is -2.04. The Morgan fingerprint density at radius 2 is 1.20 bits per heavy atom. The van der Waals surface area contributed by atoms with E-state index in [4.69, 9.17) is 0 Å². The number of rotatable bonds is 11. The van der Waals surface area contributed by atoms with Gasteiger partial charge in [0.15, 0.2) is 20.6 Å². The average molecular weight is 561 g/mol. The minimum atomic E-state index is -5.50. The SMILES string of the molecule is C.CCCCCCCNC(=O)OCCF.FC(F)(F)F.FCF.FCOC(F)(F)F.FCOCF. The summed E-state index contributed by atoms with van der Waals surface area (Å²) in [5, 5.41) is 2.57. The smallest absolute Gasteiger partial charge is 0.447 e. The Bertz CT molecular complexity index is 369. The molecule has 0 saturated carbocycles. The Kier molecular flexibility index (Phi) is 49.0. The summed E-state index contributed by atoms with van der Waals surface area (Å²) >= 11 is 0. The maximum Gasteiger partial charge on any atom is 0.559 e. The standard InChI is InChI=1S/C10H20FNO2.C2H2F4O.C2H4F2O.CF4.CH2F2.CH4/c1-2-3-4-5-6-8-12-10(13)14-9-7-11;3-1-7-2(4,5)6;3-1-5-2-4;2-1(3,4)5;2-1-3;/h2-9H2,1H3,(H,12,13);1H2;1-2H2;;1H2;1H4. The topological polar surface area (TPSA) is 56.8 Å². The molecule has 0 unspecified atom stereocenters. The average Bonchev–Trinajstić information content (AvgIpc) is 2.69. The molecule has 0 saturated heterocycles. The molecule has 0 aromatic carbocycles. The molecule has 0 atom stereocenters. The number of hydrogen-bond donors (Lipinski definition) is 1. The van der Waals surface area contributed by atoms with Gasteiger partial charge >= 0.3 is 18.9 Å². The third-order valence-corrected chi connectivity index (χ3v) is 2.23. The van der Waals surface area contributed by atoms with Crippen molar-refractivity contribution in [3.8, 4) is 0 Å². The van der Waals surface area contributed by atoms with Gasteiger partial charge in [-0.05, 0) is 6.42 Å². The third-order valence-electron chi connectivity index (χ3n) is 2.23. The van der Waals surface area contributed by atoms with Gasteiger partial charge in [-0.15, -0.1) is 30.7 Å². The van der Waals surface area contributed by atoms with E-state index in [9.17, 15) is 61.9 Å². The van der Waals surface area contributed by atoms with E-state index in [1.54, 1.807) is 0 Å². The lowest BCUT2D eigenvalue weighted by molar-refractivity contribution is -0.336. The molecule has 0 fully saturated rings. The molecule has 5 nitrogen and oxygen atoms in total. The second-order valence-corrected chi connectivity index (χ2v) is 4.82. The third kappa shape index (κ3) is 112. The van der Waals surface area contributed by atoms with Crippen LogP contribution in [0.1, 0.15) is 46.5 Å². The first-order valence-corrected chi connectivity index (χ1v) is 9.00. The minimum absolute atomic E-state index is 0. The van der Waals surface area contributed by atoms with Gasteiger partial charge in [-0.3, -0.25) is 4.74 Å². The van der Waals surface area contributed by atoms with Crippen LogP contribution in [0, 0.1) is 0 Å². The first kappa shape index (κ1) is 46.6. The van der Waals surface area contributed by atoms with Crippen LogP contribution in [0.3, 0.4) is 0 Å². The molecule has 18 heteroatoms. The van der Waals surface area contributed by atoms with Gasteiger partial charge in [-0.1, -0.05) is 40.0 Å². The molecule has 35 heavy (non-hydrogen) atoms. The van der Waals surface area contributed by atoms with E-state index in [1.165, 1.54) is 19.3 Å². The molecular formula is C17H32F13NO4. The van der Waals surface area contributed by atoms with Gasteiger partial charge in [-0.2, -0.15) is 0 Å². The highest BCUT2D eigenvalue weighted by molar-refractivity contribution is 5.66. The number of alkyl carbamates (subject to hydrolysis) is 1. The largest absolute Gasteiger partial charge is 0.559 e. The van der Waals surface area contributed by atoms with Crippen LogP contribution in [-0.2, 0) is 14.2 Å². The molecule has 0 radical (unpaired) electrons. The van der Waals surface area contributed by atoms with Gasteiger partial charge in [0.2, 0.25) is 6.93 Å². The zero-order chi connectivity index (χ0) is 27.9. The van der Waals surface area contributed by atoms with E-state index in [0.717, 1.165) is 12.8 Å². The van der Waals surface area contributed by atoms with Gasteiger partial charge in [0, 0.05) is 6.54 Å². The van der Waals surface area contributed by atoms with E-state index < -0.39 is 53.1 Å². The molecule has 0 bridgehead atoms. The molecule has 1 N–H and O–H groups in total. The van der Waals surface area contributed by atoms with E-state index in [-0.39, 0.29) is 14.0 Å². The molecule has 0 rings (SSSR count). The maximum atomic E-state index is 11.6. The fourth-order valence-electron chi connectivity index (χ4n) is 1.19. The van der Waals surface area contributed by atoms with Crippen molar-refractivity contribution in [2.24, 2.45) is 0 Å². The second kappa shape index (κ2) is 36.8. The molecule has 0 aliphatic rings. The number of halogens is 13. The van der Waals surface area contributed by atoms with E-state index in [2.05, 4.69) is 26.5 Å². The number of unbranched alkanes of at least 4 members (excludes halogenated alkanes) is 4. The van der Waals surface area contributed by atoms with E-state index in [1.807, 2.05) is 0 Å². The minimum Gasteiger partial charge on any atom is -0.447 e.